The summed E-state index contributed by atoms with van der Waals surface area (Å²) < 4.78 is 80.3. The highest BCUT2D eigenvalue weighted by atomic mass is 32.2. The third-order valence-electron chi connectivity index (χ3n) is 19.4. The van der Waals surface area contributed by atoms with Crippen molar-refractivity contribution in [2.45, 2.75) is 80.8 Å². The lowest BCUT2D eigenvalue weighted by Crippen LogP contribution is -2.22. The Bertz CT molecular complexity index is 5300. The molecule has 0 bridgehead atoms. The van der Waals surface area contributed by atoms with E-state index in [2.05, 4.69) is 16.0 Å². The number of furan rings is 3. The zero-order chi connectivity index (χ0) is 85.4. The molecule has 0 radical (unpaired) electrons. The predicted octanol–water partition coefficient (Wildman–Crippen LogP) is 17.1. The average molecular weight is 1680 g/mol. The van der Waals surface area contributed by atoms with Gasteiger partial charge in [0.25, 0.3) is 0 Å². The molecule has 624 valence electrons. The van der Waals surface area contributed by atoms with Crippen LogP contribution in [-0.2, 0) is 53.1 Å². The van der Waals surface area contributed by atoms with Crippen molar-refractivity contribution in [2.75, 3.05) is 101 Å². The molecule has 28 heteroatoms. The molecular weight excluding hydrogens is 1580 g/mol. The summed E-state index contributed by atoms with van der Waals surface area (Å²) in [6.45, 7) is 7.82. The van der Waals surface area contributed by atoms with E-state index < -0.39 is 11.9 Å². The van der Waals surface area contributed by atoms with Crippen LogP contribution in [-0.4, -0.2) is 152 Å². The Morgan fingerprint density at radius 3 is 1.09 bits per heavy atom. The Balaban J connectivity index is 0.000000188. The largest absolute Gasteiger partial charge is 0.497 e. The number of methoxy groups -OCH3 is 8. The number of benzene rings is 6. The summed E-state index contributed by atoms with van der Waals surface area (Å²) >= 11 is 3.80. The second kappa shape index (κ2) is 42.8. The van der Waals surface area contributed by atoms with Crippen molar-refractivity contribution in [1.29, 1.82) is 0 Å². The lowest BCUT2D eigenvalue weighted by molar-refractivity contribution is -0.141. The predicted molar refractivity (Wildman–Crippen MR) is 460 cm³/mol. The number of aliphatic carboxylic acids is 2. The van der Waals surface area contributed by atoms with Gasteiger partial charge in [-0.15, -0.1) is 35.3 Å². The molecule has 24 nitrogen and oxygen atoms in total. The Labute approximate surface area is 702 Å². The summed E-state index contributed by atoms with van der Waals surface area (Å²) in [5.41, 5.74) is 16.1. The number of thioether (sulfide) groups is 3. The maximum atomic E-state index is 14.3. The van der Waals surface area contributed by atoms with Crippen molar-refractivity contribution >= 4 is 123 Å². The van der Waals surface area contributed by atoms with Crippen LogP contribution in [0.5, 0.6) is 46.0 Å². The van der Waals surface area contributed by atoms with Crippen molar-refractivity contribution in [3.8, 4) is 46.0 Å². The Morgan fingerprint density at radius 2 is 0.773 bits per heavy atom. The van der Waals surface area contributed by atoms with E-state index in [4.69, 9.17) is 66.1 Å². The molecule has 0 fully saturated rings. The van der Waals surface area contributed by atoms with Gasteiger partial charge in [0.1, 0.15) is 75.7 Å². The SMILES string of the molecule is COc1cc(/C=C2/C(C)=C(CC(=O)NCc3ccco3)c3cc(F)ccc32)cc(OC)c1SCC(=O)OCCN(C)C.COc1ccc2c(c1)C(CC(=O)NCc1ccco1)=C(C)/C2=C/c1cc(OC)c(SCC(=O)O)c(OC)c1.COc1ccc2c(c1)C(CC(=O)NCc1ccco1)=C(C)/C2=C/c1cc(OC)c(SCCC(=O)O)c(OC)c1. The van der Waals surface area contributed by atoms with Crippen LogP contribution >= 0.6 is 35.3 Å². The van der Waals surface area contributed by atoms with Crippen molar-refractivity contribution in [3.05, 3.63) is 236 Å². The summed E-state index contributed by atoms with van der Waals surface area (Å²) in [7, 11) is 16.4. The van der Waals surface area contributed by atoms with Gasteiger partial charge in [-0.2, -0.15) is 0 Å². The van der Waals surface area contributed by atoms with Crippen LogP contribution in [0.2, 0.25) is 0 Å². The fourth-order valence-corrected chi connectivity index (χ4v) is 16.2. The molecular formula is C91H95FN4O20S3. The van der Waals surface area contributed by atoms with Crippen molar-refractivity contribution in [2.24, 2.45) is 0 Å². The van der Waals surface area contributed by atoms with Crippen LogP contribution in [0.15, 0.2) is 191 Å². The Hall–Kier alpha value is -12.2. The number of rotatable bonds is 36. The van der Waals surface area contributed by atoms with Gasteiger partial charge in [-0.3, -0.25) is 28.8 Å². The van der Waals surface area contributed by atoms with Gasteiger partial charge in [0.2, 0.25) is 17.7 Å². The summed E-state index contributed by atoms with van der Waals surface area (Å²) in [6, 6.07) is 38.3. The summed E-state index contributed by atoms with van der Waals surface area (Å²) in [4.78, 5) is 76.9. The van der Waals surface area contributed by atoms with Gasteiger partial charge in [-0.05, 0) is 263 Å². The van der Waals surface area contributed by atoms with Crippen molar-refractivity contribution in [1.82, 2.24) is 20.9 Å². The molecule has 3 aliphatic rings. The monoisotopic (exact) mass is 1680 g/mol. The highest BCUT2D eigenvalue weighted by Gasteiger charge is 2.31. The number of halogens is 1. The van der Waals surface area contributed by atoms with E-state index in [1.54, 1.807) is 91.8 Å². The summed E-state index contributed by atoms with van der Waals surface area (Å²) in [6.07, 6.45) is 11.3. The zero-order valence-corrected chi connectivity index (χ0v) is 70.8. The fourth-order valence-electron chi connectivity index (χ4n) is 13.4. The number of esters is 1. The number of carboxylic acids is 2. The molecule has 3 aromatic heterocycles. The molecule has 0 aliphatic heterocycles. The minimum atomic E-state index is -0.926. The number of carbonyl (C=O) groups is 6. The van der Waals surface area contributed by atoms with Gasteiger partial charge >= 0.3 is 17.9 Å². The number of likely N-dealkylation sites (N-methyl/N-ethyl adjacent to an activating group) is 1. The van der Waals surface area contributed by atoms with Gasteiger partial charge in [0.15, 0.2) is 0 Å². The first kappa shape index (κ1) is 89.1. The first-order chi connectivity index (χ1) is 57.4. The zero-order valence-electron chi connectivity index (χ0n) is 68.4. The van der Waals surface area contributed by atoms with Crippen molar-refractivity contribution in [3.63, 3.8) is 0 Å². The molecule has 3 aliphatic carbocycles. The van der Waals surface area contributed by atoms with Crippen LogP contribution in [0.25, 0.3) is 51.7 Å². The van der Waals surface area contributed by atoms with Gasteiger partial charge in [0.05, 0.1) is 147 Å². The fraction of sp³-hybridized carbons (Fsp3) is 0.275. The average Bonchev–Trinajstić information content (AvgIpc) is 1.63. The smallest absolute Gasteiger partial charge is 0.316 e. The molecule has 0 spiro atoms. The Kier molecular flexibility index (Phi) is 32.0. The van der Waals surface area contributed by atoms with E-state index in [-0.39, 0.29) is 73.2 Å². The standard InChI is InChI=1S/C32H35FN2O6S.C30H31NO7S.C29H29NO7S/c1-20-25(24-9-8-22(33)16-27(24)26(20)17-30(36)34-18-23-7-6-11-40-23)13-21-14-28(38-4)32(29(15-21)39-5)42-19-31(37)41-12-10-35(2)3;1-18-23(12-19-13-26(36-3)30(27(14-19)37-4)39-11-9-29(33)34)22-8-7-20(35-2)15-25(22)24(18)16-28(32)31-17-21-6-5-10-38-21;1-17-22(10-18-11-25(35-3)29(26(12-18)36-4)38-16-28(32)33)21-8-7-19(34-2)13-24(21)23(17)14-27(31)30-15-20-6-5-9-37-20/h6-9,11,13-16H,10,12,17-19H2,1-5H3,(H,34,36);5-8,10,12-15H,9,11,16-17H2,1-4H3,(H,31,32)(H,33,34);5-13H,14-16H2,1-4H3,(H,30,31)(H,32,33)/b25-13-;23-12-;22-10-. The molecule has 3 amide bonds. The summed E-state index contributed by atoms with van der Waals surface area (Å²) in [5.74, 6) is 4.26. The first-order valence-corrected chi connectivity index (χ1v) is 40.5. The number of carboxylic acid groups (broad SMARTS) is 2. The number of fused-ring (bicyclic) bond motifs is 3. The van der Waals surface area contributed by atoms with E-state index in [0.29, 0.717) is 111 Å². The quantitative estimate of drug-likeness (QED) is 0.0180. The third kappa shape index (κ3) is 23.4. The number of amides is 3. The molecule has 9 aromatic rings. The molecule has 119 heavy (non-hydrogen) atoms. The molecule has 5 N–H and O–H groups in total. The Morgan fingerprint density at radius 1 is 0.429 bits per heavy atom. The maximum Gasteiger partial charge on any atom is 0.316 e. The van der Waals surface area contributed by atoms with Crippen molar-refractivity contribution < 1.29 is 99.3 Å². The number of hydrogen-bond acceptors (Lipinski definition) is 22. The number of nitrogens with zero attached hydrogens (tertiary/aromatic N) is 1. The van der Waals surface area contributed by atoms with Crippen LogP contribution < -0.4 is 53.8 Å². The third-order valence-corrected chi connectivity index (χ3v) is 22.7. The van der Waals surface area contributed by atoms with Crippen LogP contribution in [0, 0.1) is 5.82 Å². The number of carbonyl (C=O) groups excluding carboxylic acids is 4. The van der Waals surface area contributed by atoms with E-state index >= 15 is 0 Å². The topological polar surface area (TPSA) is 305 Å². The highest BCUT2D eigenvalue weighted by molar-refractivity contribution is 8.00. The van der Waals surface area contributed by atoms with Gasteiger partial charge in [-0.1, -0.05) is 18.2 Å². The lowest BCUT2D eigenvalue weighted by atomic mass is 10.00. The van der Waals surface area contributed by atoms with Crippen LogP contribution in [0.3, 0.4) is 0 Å². The number of allylic oxidation sites excluding steroid dienone is 6. The lowest BCUT2D eigenvalue weighted by Gasteiger charge is -2.15. The molecule has 0 atom stereocenters. The van der Waals surface area contributed by atoms with E-state index in [1.807, 2.05) is 143 Å². The normalized spacial score (nSPS) is 13.4. The number of hydrogen-bond donors (Lipinski definition) is 5. The first-order valence-electron chi connectivity index (χ1n) is 37.6. The molecule has 12 rings (SSSR count). The minimum Gasteiger partial charge on any atom is -0.497 e. The summed E-state index contributed by atoms with van der Waals surface area (Å²) in [5, 5.41) is 26.8. The van der Waals surface area contributed by atoms with Crippen LogP contribution in [0.1, 0.15) is 114 Å². The molecule has 6 aromatic carbocycles. The van der Waals surface area contributed by atoms with Gasteiger partial charge < -0.3 is 86.9 Å². The molecule has 0 saturated heterocycles. The number of nitrogens with one attached hydrogen (secondary N) is 3. The van der Waals surface area contributed by atoms with E-state index in [1.165, 1.54) is 49.9 Å². The van der Waals surface area contributed by atoms with Gasteiger partial charge in [-0.25, -0.2) is 4.39 Å². The second-order valence-electron chi connectivity index (χ2n) is 27.3. The number of ether oxygens (including phenoxy) is 9. The second-order valence-corrected chi connectivity index (χ2v) is 30.4. The van der Waals surface area contributed by atoms with E-state index in [9.17, 15) is 33.2 Å². The molecule has 0 unspecified atom stereocenters. The maximum absolute atomic E-state index is 14.3. The minimum absolute atomic E-state index is 0.0326. The van der Waals surface area contributed by atoms with E-state index in [0.717, 1.165) is 111 Å². The highest BCUT2D eigenvalue weighted by Crippen LogP contribution is 2.50. The molecule has 0 saturated carbocycles. The molecule has 3 heterocycles. The van der Waals surface area contributed by atoms with Gasteiger partial charge in [0, 0.05) is 12.3 Å². The van der Waals surface area contributed by atoms with Crippen LogP contribution in [0.4, 0.5) is 4.39 Å².